The molecule has 0 bridgehead atoms. The largest absolute Gasteiger partial charge is 0.317 e. The fourth-order valence-electron chi connectivity index (χ4n) is 1.56. The molecule has 5 nitrogen and oxygen atoms in total. The van der Waals surface area contributed by atoms with E-state index in [2.05, 4.69) is 11.3 Å². The minimum absolute atomic E-state index is 0.0769. The Hall–Kier alpha value is -0.720. The highest BCUT2D eigenvalue weighted by molar-refractivity contribution is 7.97. The molecule has 0 saturated heterocycles. The van der Waals surface area contributed by atoms with Gasteiger partial charge < -0.3 is 5.73 Å². The summed E-state index contributed by atoms with van der Waals surface area (Å²) in [6.45, 7) is 3.55. The highest BCUT2D eigenvalue weighted by Gasteiger charge is 2.59. The molecule has 2 fully saturated rings. The maximum absolute atomic E-state index is 11.6. The number of rotatable bonds is 4. The summed E-state index contributed by atoms with van der Waals surface area (Å²) in [6.07, 6.45) is 3.49. The summed E-state index contributed by atoms with van der Waals surface area (Å²) in [5.41, 5.74) is 4.74. The van der Waals surface area contributed by atoms with E-state index >= 15 is 0 Å². The lowest BCUT2D eigenvalue weighted by Crippen LogP contribution is -2.49. The molecule has 3 atom stereocenters. The van der Waals surface area contributed by atoms with Gasteiger partial charge in [-0.25, -0.2) is 0 Å². The van der Waals surface area contributed by atoms with Gasteiger partial charge in [0, 0.05) is 18.8 Å². The van der Waals surface area contributed by atoms with E-state index < -0.39 is 21.8 Å². The zero-order valence-electron chi connectivity index (χ0n) is 8.31. The zero-order valence-corrected chi connectivity index (χ0v) is 9.13. The number of nitrogens with two attached hydrogens (primary N) is 1. The van der Waals surface area contributed by atoms with Crippen LogP contribution in [0.4, 0.5) is 0 Å². The first-order chi connectivity index (χ1) is 6.90. The summed E-state index contributed by atoms with van der Waals surface area (Å²) >= 11 is 0. The third kappa shape index (κ3) is 1.84. The summed E-state index contributed by atoms with van der Waals surface area (Å²) in [4.78, 5) is 11.6. The molecule has 0 aliphatic heterocycles. The number of carbonyl (C=O) groups is 1. The summed E-state index contributed by atoms with van der Waals surface area (Å²) in [5, 5.41) is -0.286. The average Bonchev–Trinajstić information content (AvgIpc) is 2.97. The van der Waals surface area contributed by atoms with Gasteiger partial charge in [-0.15, -0.1) is 11.3 Å². The Morgan fingerprint density at radius 3 is 2.67 bits per heavy atom. The van der Waals surface area contributed by atoms with Crippen molar-refractivity contribution >= 4 is 16.3 Å². The van der Waals surface area contributed by atoms with Gasteiger partial charge in [-0.1, -0.05) is 6.08 Å². The summed E-state index contributed by atoms with van der Waals surface area (Å²) in [6, 6.07) is 0. The molecule has 2 aliphatic rings. The molecule has 1 amide bonds. The molecule has 2 rings (SSSR count). The van der Waals surface area contributed by atoms with Gasteiger partial charge in [-0.05, 0) is 10.6 Å². The van der Waals surface area contributed by atoms with Crippen molar-refractivity contribution in [3.05, 3.63) is 12.7 Å². The monoisotopic (exact) mass is 231 g/mol. The van der Waals surface area contributed by atoms with Crippen LogP contribution in [0.5, 0.6) is 0 Å². The molecule has 0 aromatic heterocycles. The summed E-state index contributed by atoms with van der Waals surface area (Å²) in [7, 11) is -3.22. The van der Waals surface area contributed by atoms with Crippen molar-refractivity contribution < 1.29 is 13.6 Å². The van der Waals surface area contributed by atoms with E-state index in [9.17, 15) is 13.6 Å². The second-order valence-corrected chi connectivity index (χ2v) is 6.29. The van der Waals surface area contributed by atoms with Crippen molar-refractivity contribution in [1.82, 2.24) is 4.72 Å². The van der Waals surface area contributed by atoms with Gasteiger partial charge in [0.15, 0.2) is 5.25 Å². The van der Waals surface area contributed by atoms with E-state index in [-0.39, 0.29) is 11.2 Å². The van der Waals surface area contributed by atoms with E-state index in [1.807, 2.05) is 0 Å². The lowest BCUT2D eigenvalue weighted by atomic mass is 10.2. The Balaban J connectivity index is 1.98. The van der Waals surface area contributed by atoms with Crippen LogP contribution in [-0.2, 0) is 19.4 Å². The normalized spacial score (nSPS) is 37.9. The molecule has 0 aromatic carbocycles. The van der Waals surface area contributed by atoms with Crippen molar-refractivity contribution in [3.63, 3.8) is 0 Å². The summed E-state index contributed by atoms with van der Waals surface area (Å²) in [5.74, 6) is -0.612. The SMILES string of the molecule is C=CC1C[C@]1(N)C(=O)N[S+](=O)(O)C1CC1. The van der Waals surface area contributed by atoms with Crippen molar-refractivity contribution in [3.8, 4) is 0 Å². The first-order valence-corrected chi connectivity index (χ1v) is 6.47. The van der Waals surface area contributed by atoms with E-state index in [4.69, 9.17) is 5.73 Å². The lowest BCUT2D eigenvalue weighted by Gasteiger charge is -2.10. The van der Waals surface area contributed by atoms with Gasteiger partial charge in [0.1, 0.15) is 5.54 Å². The van der Waals surface area contributed by atoms with Crippen LogP contribution in [-0.4, -0.2) is 21.2 Å². The van der Waals surface area contributed by atoms with Gasteiger partial charge in [0.2, 0.25) is 0 Å². The van der Waals surface area contributed by atoms with Crippen LogP contribution >= 0.6 is 0 Å². The maximum Gasteiger partial charge on any atom is 0.316 e. The Bertz CT molecular complexity index is 366. The fourth-order valence-corrected chi connectivity index (χ4v) is 2.96. The van der Waals surface area contributed by atoms with Crippen LogP contribution < -0.4 is 10.5 Å². The molecule has 2 aliphatic carbocycles. The number of carbonyl (C=O) groups excluding carboxylic acids is 1. The van der Waals surface area contributed by atoms with Gasteiger partial charge in [-0.2, -0.15) is 4.55 Å². The first kappa shape index (κ1) is 10.8. The first-order valence-electron chi connectivity index (χ1n) is 4.89. The van der Waals surface area contributed by atoms with Crippen LogP contribution in [0.3, 0.4) is 0 Å². The minimum atomic E-state index is -3.22. The molecule has 0 heterocycles. The third-order valence-corrected chi connectivity index (χ3v) is 4.83. The van der Waals surface area contributed by atoms with Gasteiger partial charge in [0.25, 0.3) is 5.91 Å². The van der Waals surface area contributed by atoms with E-state index in [1.165, 1.54) is 0 Å². The highest BCUT2D eigenvalue weighted by atomic mass is 32.3. The van der Waals surface area contributed by atoms with Gasteiger partial charge in [0.05, 0.1) is 0 Å². The van der Waals surface area contributed by atoms with E-state index in [1.54, 1.807) is 6.08 Å². The fraction of sp³-hybridized carbons (Fsp3) is 0.667. The molecule has 0 aromatic rings. The predicted octanol–water partition coefficient (Wildman–Crippen LogP) is 0.0559. The average molecular weight is 231 g/mol. The molecule has 2 unspecified atom stereocenters. The molecule has 0 radical (unpaired) electrons. The Labute approximate surface area is 89.5 Å². The third-order valence-electron chi connectivity index (χ3n) is 2.98. The van der Waals surface area contributed by atoms with Gasteiger partial charge in [-0.3, -0.25) is 4.79 Å². The quantitative estimate of drug-likeness (QED) is 0.471. The van der Waals surface area contributed by atoms with Crippen LogP contribution in [0.15, 0.2) is 12.7 Å². The Kier molecular flexibility index (Phi) is 2.25. The second-order valence-electron chi connectivity index (χ2n) is 4.29. The van der Waals surface area contributed by atoms with E-state index in [0.717, 1.165) is 0 Å². The molecule has 0 spiro atoms. The van der Waals surface area contributed by atoms with Crippen LogP contribution in [0, 0.1) is 5.92 Å². The topological polar surface area (TPSA) is 92.4 Å². The maximum atomic E-state index is 11.6. The molecule has 15 heavy (non-hydrogen) atoms. The Morgan fingerprint density at radius 1 is 1.67 bits per heavy atom. The summed E-state index contributed by atoms with van der Waals surface area (Å²) < 4.78 is 23.2. The molecule has 6 heteroatoms. The van der Waals surface area contributed by atoms with Gasteiger partial charge >= 0.3 is 10.4 Å². The number of amides is 1. The standard InChI is InChI=1S/C9H14N2O3S/c1-2-6-5-9(6,10)8(12)11-15(13,14)7-3-4-7/h2,6-7H,1,3-5,10H2,(H-,11,12,13,14)/p+1/t6?,9-/m1/s1. The van der Waals surface area contributed by atoms with Crippen molar-refractivity contribution in [2.24, 2.45) is 11.7 Å². The molecule has 2 saturated carbocycles. The van der Waals surface area contributed by atoms with E-state index in [0.29, 0.717) is 19.3 Å². The number of hydrogen-bond donors (Lipinski definition) is 3. The zero-order chi connectivity index (χ0) is 11.3. The molecule has 4 N–H and O–H groups in total. The number of hydrogen-bond acceptors (Lipinski definition) is 3. The van der Waals surface area contributed by atoms with Crippen LogP contribution in [0.2, 0.25) is 0 Å². The Morgan fingerprint density at radius 2 is 2.27 bits per heavy atom. The van der Waals surface area contributed by atoms with Crippen LogP contribution in [0.1, 0.15) is 19.3 Å². The molecular weight excluding hydrogens is 216 g/mol. The highest BCUT2D eigenvalue weighted by Crippen LogP contribution is 2.42. The van der Waals surface area contributed by atoms with Crippen molar-refractivity contribution in [2.75, 3.05) is 0 Å². The van der Waals surface area contributed by atoms with Crippen molar-refractivity contribution in [2.45, 2.75) is 30.1 Å². The smallest absolute Gasteiger partial charge is 0.316 e. The second kappa shape index (κ2) is 3.13. The predicted molar refractivity (Wildman–Crippen MR) is 57.1 cm³/mol. The molecule has 84 valence electrons. The van der Waals surface area contributed by atoms with Crippen LogP contribution in [0.25, 0.3) is 0 Å². The van der Waals surface area contributed by atoms with Crippen molar-refractivity contribution in [1.29, 1.82) is 0 Å². The molecular formula is C9H15N2O3S+. The lowest BCUT2D eigenvalue weighted by molar-refractivity contribution is -0.121. The number of nitrogens with one attached hydrogen (secondary N) is 1. The minimum Gasteiger partial charge on any atom is -0.317 e.